The van der Waals surface area contributed by atoms with Crippen molar-refractivity contribution in [3.05, 3.63) is 83.4 Å². The second-order valence-electron chi connectivity index (χ2n) is 9.75. The minimum Gasteiger partial charge on any atom is -0.506 e. The van der Waals surface area contributed by atoms with Gasteiger partial charge in [-0.15, -0.1) is 0 Å². The Morgan fingerprint density at radius 2 is 1.95 bits per heavy atom. The van der Waals surface area contributed by atoms with E-state index in [1.807, 2.05) is 0 Å². The molecule has 0 fully saturated rings. The summed E-state index contributed by atoms with van der Waals surface area (Å²) in [5, 5.41) is 24.9. The first kappa shape index (κ1) is 25.1. The lowest BCUT2D eigenvalue weighted by Crippen LogP contribution is -2.41. The van der Waals surface area contributed by atoms with Gasteiger partial charge in [0.2, 0.25) is 5.91 Å². The van der Waals surface area contributed by atoms with Crippen molar-refractivity contribution in [3.63, 3.8) is 0 Å². The van der Waals surface area contributed by atoms with Crippen molar-refractivity contribution in [2.45, 2.75) is 24.9 Å². The van der Waals surface area contributed by atoms with Gasteiger partial charge in [-0.05, 0) is 62.4 Å². The predicted octanol–water partition coefficient (Wildman–Crippen LogP) is 2.91. The van der Waals surface area contributed by atoms with Crippen LogP contribution in [-0.4, -0.2) is 45.1 Å². The Hall–Kier alpha value is -4.57. The van der Waals surface area contributed by atoms with E-state index < -0.39 is 28.6 Å². The second-order valence-corrected chi connectivity index (χ2v) is 9.75. The molecular weight excluding hydrogens is 491 g/mol. The smallest absolute Gasteiger partial charge is 0.251 e. The van der Waals surface area contributed by atoms with Crippen molar-refractivity contribution in [2.75, 3.05) is 13.2 Å². The van der Waals surface area contributed by atoms with Crippen molar-refractivity contribution in [3.8, 4) is 22.8 Å². The highest BCUT2D eigenvalue weighted by Gasteiger charge is 2.45. The molecule has 0 saturated carbocycles. The number of hydrogen-bond donors (Lipinski definition) is 4. The van der Waals surface area contributed by atoms with Gasteiger partial charge in [-0.3, -0.25) is 14.6 Å². The summed E-state index contributed by atoms with van der Waals surface area (Å²) in [5.41, 5.74) is 4.78. The van der Waals surface area contributed by atoms with Gasteiger partial charge in [0.1, 0.15) is 46.1 Å². The summed E-state index contributed by atoms with van der Waals surface area (Å²) in [6.45, 7) is 2.84. The second kappa shape index (κ2) is 9.07. The summed E-state index contributed by atoms with van der Waals surface area (Å²) in [5.74, 6) is -1.40. The summed E-state index contributed by atoms with van der Waals surface area (Å²) in [6, 6.07) is 13.4. The molecule has 0 saturated heterocycles. The summed E-state index contributed by atoms with van der Waals surface area (Å²) >= 11 is 0. The summed E-state index contributed by atoms with van der Waals surface area (Å²) in [4.78, 5) is 34.0. The van der Waals surface area contributed by atoms with Crippen molar-refractivity contribution >= 4 is 22.7 Å². The maximum atomic E-state index is 13.6. The number of carbonyl (C=O) groups is 2. The maximum Gasteiger partial charge on any atom is 0.251 e. The van der Waals surface area contributed by atoms with E-state index in [9.17, 15) is 24.2 Å². The maximum absolute atomic E-state index is 13.6. The Labute approximate surface area is 217 Å². The molecule has 1 aliphatic heterocycles. The number of nitrogens with zero attached hydrogens (tertiary/aromatic N) is 2. The molecule has 2 aromatic heterocycles. The van der Waals surface area contributed by atoms with E-state index in [2.05, 4.69) is 15.3 Å². The molecule has 1 aliphatic rings. The van der Waals surface area contributed by atoms with Crippen LogP contribution in [0.15, 0.2) is 60.8 Å². The van der Waals surface area contributed by atoms with E-state index in [0.29, 0.717) is 33.5 Å². The van der Waals surface area contributed by atoms with Gasteiger partial charge in [-0.25, -0.2) is 9.37 Å². The largest absolute Gasteiger partial charge is 0.506 e. The first-order valence-corrected chi connectivity index (χ1v) is 11.8. The first-order valence-electron chi connectivity index (χ1n) is 11.8. The van der Waals surface area contributed by atoms with Gasteiger partial charge in [0.05, 0.1) is 12.2 Å². The minimum absolute atomic E-state index is 0.0177. The van der Waals surface area contributed by atoms with Crippen LogP contribution >= 0.6 is 0 Å². The van der Waals surface area contributed by atoms with Gasteiger partial charge in [-0.2, -0.15) is 0 Å². The molecule has 2 amide bonds. The zero-order chi connectivity index (χ0) is 27.2. The zero-order valence-corrected chi connectivity index (χ0v) is 20.7. The molecule has 2 atom stereocenters. The first-order chi connectivity index (χ1) is 18.0. The molecule has 38 heavy (non-hydrogen) atoms. The highest BCUT2D eigenvalue weighted by atomic mass is 19.1. The lowest BCUT2D eigenvalue weighted by molar-refractivity contribution is -0.123. The summed E-state index contributed by atoms with van der Waals surface area (Å²) in [6.07, 6.45) is 1.54. The van der Waals surface area contributed by atoms with E-state index in [4.69, 9.17) is 10.5 Å². The average Bonchev–Trinajstić information content (AvgIpc) is 3.25. The third-order valence-corrected chi connectivity index (χ3v) is 6.83. The van der Waals surface area contributed by atoms with Crippen molar-refractivity contribution in [1.29, 1.82) is 0 Å². The van der Waals surface area contributed by atoms with Crippen LogP contribution in [0.2, 0.25) is 0 Å². The Kier molecular flexibility index (Phi) is 5.99. The Bertz CT molecular complexity index is 1590. The third kappa shape index (κ3) is 4.28. The monoisotopic (exact) mass is 516 g/mol. The number of fused-ring (bicyclic) bond motifs is 2. The molecule has 5 N–H and O–H groups in total. The van der Waals surface area contributed by atoms with Crippen LogP contribution in [0.5, 0.6) is 11.5 Å². The van der Waals surface area contributed by atoms with E-state index in [0.717, 1.165) is 0 Å². The number of aromatic hydroxyl groups is 1. The van der Waals surface area contributed by atoms with Gasteiger partial charge in [0.25, 0.3) is 5.91 Å². The number of halogens is 1. The molecule has 0 spiro atoms. The Balaban J connectivity index is 1.49. The van der Waals surface area contributed by atoms with Crippen molar-refractivity contribution in [1.82, 2.24) is 15.3 Å². The van der Waals surface area contributed by atoms with E-state index in [1.54, 1.807) is 31.2 Å². The number of carbonyl (C=O) groups excluding carboxylic acids is 2. The van der Waals surface area contributed by atoms with Gasteiger partial charge >= 0.3 is 0 Å². The SMILES string of the molecule is C[C@](O)(CNC(=O)c1cc(O)c2ncccc2c1)c1cc2c(c(-c3ccc(F)cc3)n1)OC[C@]2(C)C(N)=O. The number of benzene rings is 2. The van der Waals surface area contributed by atoms with Crippen LogP contribution < -0.4 is 15.8 Å². The molecule has 5 rings (SSSR count). The Morgan fingerprint density at radius 1 is 1.21 bits per heavy atom. The van der Waals surface area contributed by atoms with Crippen LogP contribution in [0.3, 0.4) is 0 Å². The number of amides is 2. The quantitative estimate of drug-likeness (QED) is 0.308. The standard InChI is InChI=1S/C28H25FN4O5/c1-27(26(30)36)14-38-24-19(27)12-21(33-23(24)15-5-7-18(29)8-6-15)28(2,37)13-32-25(35)17-10-16-4-3-9-31-22(16)20(34)11-17/h3-12,34,37H,13-14H2,1-2H3,(H2,30,36)(H,32,35)/t27-,28-/m0/s1. The topological polar surface area (TPSA) is 148 Å². The number of aromatic nitrogens is 2. The van der Waals surface area contributed by atoms with Gasteiger partial charge in [-0.1, -0.05) is 6.07 Å². The number of nitrogens with two attached hydrogens (primary N) is 1. The highest BCUT2D eigenvalue weighted by molar-refractivity contribution is 5.99. The van der Waals surface area contributed by atoms with Crippen LogP contribution in [-0.2, 0) is 15.8 Å². The molecule has 4 aromatic rings. The molecule has 0 unspecified atom stereocenters. The fourth-order valence-corrected chi connectivity index (χ4v) is 4.42. The van der Waals surface area contributed by atoms with Gasteiger partial charge in [0.15, 0.2) is 0 Å². The number of ether oxygens (including phenoxy) is 1. The van der Waals surface area contributed by atoms with Gasteiger partial charge < -0.3 is 26.0 Å². The third-order valence-electron chi connectivity index (χ3n) is 6.83. The van der Waals surface area contributed by atoms with Crippen LogP contribution in [0.25, 0.3) is 22.2 Å². The minimum atomic E-state index is -1.69. The molecule has 0 radical (unpaired) electrons. The molecular formula is C28H25FN4O5. The summed E-state index contributed by atoms with van der Waals surface area (Å²) in [7, 11) is 0. The number of primary amides is 1. The molecule has 2 aromatic carbocycles. The number of pyridine rings is 2. The molecule has 0 aliphatic carbocycles. The number of nitrogens with one attached hydrogen (secondary N) is 1. The number of hydrogen-bond acceptors (Lipinski definition) is 7. The fourth-order valence-electron chi connectivity index (χ4n) is 4.42. The van der Waals surface area contributed by atoms with Crippen molar-refractivity contribution in [2.24, 2.45) is 5.73 Å². The number of aliphatic hydroxyl groups is 1. The fraction of sp³-hybridized carbons (Fsp3) is 0.214. The number of phenolic OH excluding ortho intramolecular Hbond substituents is 1. The van der Waals surface area contributed by atoms with Gasteiger partial charge in [0, 0.05) is 28.3 Å². The average molecular weight is 517 g/mol. The predicted molar refractivity (Wildman–Crippen MR) is 137 cm³/mol. The molecule has 0 bridgehead atoms. The normalized spacial score (nSPS) is 17.9. The summed E-state index contributed by atoms with van der Waals surface area (Å²) < 4.78 is 19.4. The van der Waals surface area contributed by atoms with Crippen molar-refractivity contribution < 1.29 is 28.9 Å². The van der Waals surface area contributed by atoms with E-state index in [-0.39, 0.29) is 30.2 Å². The molecule has 194 valence electrons. The molecule has 9 nitrogen and oxygen atoms in total. The highest BCUT2D eigenvalue weighted by Crippen LogP contribution is 2.45. The molecule has 10 heteroatoms. The van der Waals surface area contributed by atoms with Crippen LogP contribution in [0.4, 0.5) is 4.39 Å². The number of rotatable bonds is 6. The molecule has 3 heterocycles. The Morgan fingerprint density at radius 3 is 2.66 bits per heavy atom. The van der Waals surface area contributed by atoms with E-state index in [1.165, 1.54) is 43.5 Å². The van der Waals surface area contributed by atoms with Crippen LogP contribution in [0, 0.1) is 5.82 Å². The number of phenols is 1. The lowest BCUT2D eigenvalue weighted by atomic mass is 9.82. The van der Waals surface area contributed by atoms with Crippen LogP contribution in [0.1, 0.15) is 35.5 Å². The lowest BCUT2D eigenvalue weighted by Gasteiger charge is -2.26. The zero-order valence-electron chi connectivity index (χ0n) is 20.7. The van der Waals surface area contributed by atoms with E-state index >= 15 is 0 Å².